The van der Waals surface area contributed by atoms with Crippen LogP contribution in [0.25, 0.3) is 0 Å². The summed E-state index contributed by atoms with van der Waals surface area (Å²) in [6.07, 6.45) is -8.67. The van der Waals surface area contributed by atoms with E-state index in [9.17, 15) is 44.7 Å². The van der Waals surface area contributed by atoms with E-state index >= 15 is 0 Å². The molecular formula is C33H34F8N6O2S. The summed E-state index contributed by atoms with van der Waals surface area (Å²) in [6, 6.07) is 3.46. The summed E-state index contributed by atoms with van der Waals surface area (Å²) in [4.78, 5) is 34.9. The molecule has 3 fully saturated rings. The lowest BCUT2D eigenvalue weighted by Gasteiger charge is -2.47. The van der Waals surface area contributed by atoms with Crippen LogP contribution >= 0.6 is 11.5 Å². The zero-order valence-corrected chi connectivity index (χ0v) is 27.7. The number of nitrogens with zero attached hydrogens (tertiary/aromatic N) is 6. The van der Waals surface area contributed by atoms with E-state index in [1.54, 1.807) is 6.92 Å². The number of aryl methyl sites for hydroxylation is 1. The molecule has 6 rings (SSSR count). The summed E-state index contributed by atoms with van der Waals surface area (Å²) in [7, 11) is 0. The molecule has 2 aromatic carbocycles. The van der Waals surface area contributed by atoms with Crippen molar-refractivity contribution in [3.63, 3.8) is 0 Å². The maximum absolute atomic E-state index is 14.1. The van der Waals surface area contributed by atoms with Crippen LogP contribution in [0.4, 0.5) is 35.1 Å². The molecule has 4 heterocycles. The average molecular weight is 731 g/mol. The van der Waals surface area contributed by atoms with E-state index < -0.39 is 52.6 Å². The summed E-state index contributed by atoms with van der Waals surface area (Å²) in [6.45, 7) is 5.76. The zero-order valence-electron chi connectivity index (χ0n) is 26.9. The molecule has 2 amide bonds. The minimum absolute atomic E-state index is 0.0190. The summed E-state index contributed by atoms with van der Waals surface area (Å²) in [5.41, 5.74) is -2.99. The van der Waals surface area contributed by atoms with Crippen LogP contribution in [0.1, 0.15) is 61.7 Å². The SMILES string of the molecule is Cc1nnsc1C(=O)N1CC[C@H](N2CCN([C@H]3CCN(C(=O)c4cc(C(F)(F)F)cc(C(F)(F)F)c4)[C@H](Cc4ccc(F)c(F)c4)C3)CC2)C1. The second-order valence-electron chi connectivity index (χ2n) is 13.0. The van der Waals surface area contributed by atoms with E-state index in [0.717, 1.165) is 30.1 Å². The Bertz CT molecular complexity index is 1690. The van der Waals surface area contributed by atoms with Gasteiger partial charge in [-0.25, -0.2) is 8.78 Å². The van der Waals surface area contributed by atoms with Crippen molar-refractivity contribution in [3.05, 3.63) is 80.9 Å². The van der Waals surface area contributed by atoms with Crippen molar-refractivity contribution in [2.75, 3.05) is 45.8 Å². The average Bonchev–Trinajstić information content (AvgIpc) is 3.75. The van der Waals surface area contributed by atoms with Gasteiger partial charge in [0, 0.05) is 69.5 Å². The van der Waals surface area contributed by atoms with Crippen LogP contribution in [0.3, 0.4) is 0 Å². The topological polar surface area (TPSA) is 72.9 Å². The fourth-order valence-corrected chi connectivity index (χ4v) is 7.89. The molecule has 3 aliphatic heterocycles. The Labute approximate surface area is 286 Å². The predicted octanol–water partition coefficient (Wildman–Crippen LogP) is 5.91. The summed E-state index contributed by atoms with van der Waals surface area (Å²) in [5.74, 6) is -3.26. The van der Waals surface area contributed by atoms with Crippen LogP contribution in [-0.4, -0.2) is 105 Å². The second kappa shape index (κ2) is 14.1. The number of piperidine rings is 1. The van der Waals surface area contributed by atoms with Gasteiger partial charge in [-0.05, 0) is 80.0 Å². The van der Waals surface area contributed by atoms with E-state index in [-0.39, 0.29) is 37.0 Å². The first-order chi connectivity index (χ1) is 23.6. The predicted molar refractivity (Wildman–Crippen MR) is 166 cm³/mol. The van der Waals surface area contributed by atoms with E-state index in [4.69, 9.17) is 0 Å². The van der Waals surface area contributed by atoms with Gasteiger partial charge in [0.15, 0.2) is 11.6 Å². The van der Waals surface area contributed by atoms with Crippen LogP contribution in [0.2, 0.25) is 0 Å². The number of alkyl halides is 6. The Morgan fingerprint density at radius 1 is 0.800 bits per heavy atom. The number of amides is 2. The maximum atomic E-state index is 14.1. The molecular weight excluding hydrogens is 696 g/mol. The second-order valence-corrected chi connectivity index (χ2v) is 13.8. The molecule has 0 saturated carbocycles. The first-order valence-corrected chi connectivity index (χ1v) is 17.0. The molecule has 17 heteroatoms. The van der Waals surface area contributed by atoms with Gasteiger partial charge in [0.25, 0.3) is 11.8 Å². The molecule has 0 aliphatic carbocycles. The molecule has 8 nitrogen and oxygen atoms in total. The number of rotatable bonds is 6. The van der Waals surface area contributed by atoms with Gasteiger partial charge >= 0.3 is 12.4 Å². The van der Waals surface area contributed by atoms with Gasteiger partial charge in [-0.15, -0.1) is 5.10 Å². The van der Waals surface area contributed by atoms with E-state index in [1.807, 2.05) is 4.90 Å². The van der Waals surface area contributed by atoms with Crippen molar-refractivity contribution in [1.82, 2.24) is 29.2 Å². The molecule has 270 valence electrons. The van der Waals surface area contributed by atoms with Crippen molar-refractivity contribution in [1.29, 1.82) is 0 Å². The molecule has 3 atom stereocenters. The molecule has 0 radical (unpaired) electrons. The Hall–Kier alpha value is -3.70. The van der Waals surface area contributed by atoms with Gasteiger partial charge in [-0.1, -0.05) is 10.6 Å². The van der Waals surface area contributed by atoms with Crippen molar-refractivity contribution in [3.8, 4) is 0 Å². The van der Waals surface area contributed by atoms with E-state index in [1.165, 1.54) is 11.0 Å². The lowest BCUT2D eigenvalue weighted by atomic mass is 9.90. The Morgan fingerprint density at radius 3 is 2.00 bits per heavy atom. The summed E-state index contributed by atoms with van der Waals surface area (Å²) < 4.78 is 113. The highest BCUT2D eigenvalue weighted by Gasteiger charge is 2.41. The third-order valence-corrected chi connectivity index (χ3v) is 10.7. The smallest absolute Gasteiger partial charge is 0.336 e. The monoisotopic (exact) mass is 730 g/mol. The third kappa shape index (κ3) is 7.78. The fourth-order valence-electron chi connectivity index (χ4n) is 7.27. The number of piperazine rings is 1. The molecule has 50 heavy (non-hydrogen) atoms. The third-order valence-electron chi connectivity index (χ3n) is 9.92. The minimum atomic E-state index is -5.12. The molecule has 0 unspecified atom stereocenters. The summed E-state index contributed by atoms with van der Waals surface area (Å²) in [5, 5.41) is 3.93. The Kier molecular flexibility index (Phi) is 10.2. The minimum Gasteiger partial charge on any atom is -0.336 e. The van der Waals surface area contributed by atoms with Gasteiger partial charge in [0.1, 0.15) is 4.88 Å². The van der Waals surface area contributed by atoms with Gasteiger partial charge in [-0.2, -0.15) is 26.3 Å². The highest BCUT2D eigenvalue weighted by atomic mass is 32.1. The van der Waals surface area contributed by atoms with Crippen molar-refractivity contribution >= 4 is 23.3 Å². The highest BCUT2D eigenvalue weighted by molar-refractivity contribution is 7.07. The lowest BCUT2D eigenvalue weighted by molar-refractivity contribution is -0.143. The van der Waals surface area contributed by atoms with E-state index in [2.05, 4.69) is 19.4 Å². The van der Waals surface area contributed by atoms with Crippen LogP contribution < -0.4 is 0 Å². The van der Waals surface area contributed by atoms with Crippen molar-refractivity contribution in [2.24, 2.45) is 0 Å². The molecule has 1 aromatic heterocycles. The van der Waals surface area contributed by atoms with Crippen LogP contribution in [0.5, 0.6) is 0 Å². The molecule has 0 N–H and O–H groups in total. The first kappa shape index (κ1) is 36.1. The van der Waals surface area contributed by atoms with E-state index in [0.29, 0.717) is 80.4 Å². The van der Waals surface area contributed by atoms with Crippen LogP contribution in [-0.2, 0) is 18.8 Å². The van der Waals surface area contributed by atoms with Gasteiger partial charge in [-0.3, -0.25) is 19.4 Å². The van der Waals surface area contributed by atoms with Gasteiger partial charge in [0.2, 0.25) is 0 Å². The first-order valence-electron chi connectivity index (χ1n) is 16.2. The quantitative estimate of drug-likeness (QED) is 0.294. The van der Waals surface area contributed by atoms with Crippen molar-refractivity contribution < 1.29 is 44.7 Å². The zero-order chi connectivity index (χ0) is 36.0. The molecule has 0 bridgehead atoms. The normalized spacial score (nSPS) is 22.7. The Morgan fingerprint density at radius 2 is 1.42 bits per heavy atom. The number of hydrogen-bond acceptors (Lipinski definition) is 7. The number of aromatic nitrogens is 2. The molecule has 3 aliphatic rings. The number of carbonyl (C=O) groups excluding carboxylic acids is 2. The van der Waals surface area contributed by atoms with Crippen LogP contribution in [0, 0.1) is 18.6 Å². The number of hydrogen-bond donors (Lipinski definition) is 0. The van der Waals surface area contributed by atoms with Crippen molar-refractivity contribution in [2.45, 2.75) is 63.1 Å². The lowest BCUT2D eigenvalue weighted by Crippen LogP contribution is -2.58. The highest BCUT2D eigenvalue weighted by Crippen LogP contribution is 2.37. The molecule has 3 aromatic rings. The molecule has 0 spiro atoms. The summed E-state index contributed by atoms with van der Waals surface area (Å²) >= 11 is 1.08. The maximum Gasteiger partial charge on any atom is 0.416 e. The number of carbonyl (C=O) groups is 2. The van der Waals surface area contributed by atoms with Gasteiger partial charge in [0.05, 0.1) is 16.8 Å². The largest absolute Gasteiger partial charge is 0.416 e. The van der Waals surface area contributed by atoms with Gasteiger partial charge < -0.3 is 9.80 Å². The number of halogens is 8. The number of likely N-dealkylation sites (tertiary alicyclic amines) is 2. The van der Waals surface area contributed by atoms with Crippen LogP contribution in [0.15, 0.2) is 36.4 Å². The Balaban J connectivity index is 1.16. The molecule has 3 saturated heterocycles. The standard InChI is InChI=1S/C33H34F8N6O2S/c1-19-29(50-43-42-19)31(49)46-6-4-25(18-46)45-10-8-44(9-11-45)24-5-7-47(26(17-24)12-20-2-3-27(34)28(35)13-20)30(48)21-14-22(32(36,37)38)16-23(15-21)33(39,40)41/h2-3,13-16,24-26H,4-12,17-18H2,1H3/t24-,25-,26+/m0/s1. The number of benzene rings is 2. The fraction of sp³-hybridized carbons (Fsp3) is 0.515.